The lowest BCUT2D eigenvalue weighted by Crippen LogP contribution is -1.97. The Morgan fingerprint density at radius 2 is 2.29 bits per heavy atom. The van der Waals surface area contributed by atoms with Gasteiger partial charge in [-0.05, 0) is 24.6 Å². The van der Waals surface area contributed by atoms with Crippen molar-refractivity contribution in [2.45, 2.75) is 13.3 Å². The van der Waals surface area contributed by atoms with E-state index >= 15 is 0 Å². The molecule has 0 radical (unpaired) electrons. The lowest BCUT2D eigenvalue weighted by atomic mass is 10.1. The third-order valence-corrected chi connectivity index (χ3v) is 1.82. The highest BCUT2D eigenvalue weighted by atomic mass is 16.5. The van der Waals surface area contributed by atoms with Gasteiger partial charge in [0.15, 0.2) is 0 Å². The molecule has 2 nitrogen and oxygen atoms in total. The van der Waals surface area contributed by atoms with Gasteiger partial charge in [0.2, 0.25) is 0 Å². The van der Waals surface area contributed by atoms with Crippen LogP contribution in [0, 0.1) is 30.6 Å². The number of hydrogen-bond donors (Lipinski definition) is 0. The molecule has 0 aromatic heterocycles. The van der Waals surface area contributed by atoms with Gasteiger partial charge in [-0.25, -0.2) is 0 Å². The zero-order valence-corrected chi connectivity index (χ0v) is 8.08. The first-order valence-electron chi connectivity index (χ1n) is 4.35. The normalized spacial score (nSPS) is 8.79. The predicted octanol–water partition coefficient (Wildman–Crippen LogP) is 2.27. The van der Waals surface area contributed by atoms with E-state index in [4.69, 9.17) is 16.4 Å². The Bertz CT molecular complexity index is 396. The Kier molecular flexibility index (Phi) is 3.58. The minimum atomic E-state index is 0.492. The van der Waals surface area contributed by atoms with Gasteiger partial charge in [0, 0.05) is 6.42 Å². The second kappa shape index (κ2) is 4.94. The number of benzene rings is 1. The largest absolute Gasteiger partial charge is 0.492 e. The van der Waals surface area contributed by atoms with E-state index in [9.17, 15) is 0 Å². The van der Waals surface area contributed by atoms with Crippen LogP contribution in [0.4, 0.5) is 0 Å². The molecular formula is C12H11NO. The number of ether oxygens (including phenoxy) is 1. The third-order valence-electron chi connectivity index (χ3n) is 1.82. The molecule has 70 valence electrons. The van der Waals surface area contributed by atoms with Gasteiger partial charge in [-0.1, -0.05) is 6.07 Å². The fraction of sp³-hybridized carbons (Fsp3) is 0.250. The molecule has 1 rings (SSSR count). The lowest BCUT2D eigenvalue weighted by Gasteiger charge is -2.07. The quantitative estimate of drug-likeness (QED) is 0.534. The van der Waals surface area contributed by atoms with E-state index in [1.54, 1.807) is 12.1 Å². The molecule has 0 amide bonds. The van der Waals surface area contributed by atoms with Crippen molar-refractivity contribution in [2.24, 2.45) is 0 Å². The van der Waals surface area contributed by atoms with Gasteiger partial charge >= 0.3 is 0 Å². The number of terminal acetylenes is 1. The van der Waals surface area contributed by atoms with Crippen LogP contribution in [-0.2, 0) is 0 Å². The van der Waals surface area contributed by atoms with Gasteiger partial charge in [0.05, 0.1) is 18.2 Å². The monoisotopic (exact) mass is 185 g/mol. The maximum absolute atomic E-state index is 8.69. The van der Waals surface area contributed by atoms with Crippen LogP contribution in [0.15, 0.2) is 18.2 Å². The predicted molar refractivity (Wildman–Crippen MR) is 54.8 cm³/mol. The molecule has 2 heteroatoms. The highest BCUT2D eigenvalue weighted by Gasteiger charge is 2.00. The Labute approximate surface area is 84.1 Å². The van der Waals surface area contributed by atoms with E-state index in [2.05, 4.69) is 12.0 Å². The van der Waals surface area contributed by atoms with Crippen LogP contribution in [0.2, 0.25) is 0 Å². The molecule has 0 heterocycles. The molecule has 0 aliphatic rings. The number of rotatable bonds is 3. The Morgan fingerprint density at radius 3 is 2.93 bits per heavy atom. The summed E-state index contributed by atoms with van der Waals surface area (Å²) in [4.78, 5) is 0. The van der Waals surface area contributed by atoms with Gasteiger partial charge in [-0.2, -0.15) is 5.26 Å². The highest BCUT2D eigenvalue weighted by Crippen LogP contribution is 2.19. The van der Waals surface area contributed by atoms with E-state index in [0.29, 0.717) is 18.6 Å². The molecule has 14 heavy (non-hydrogen) atoms. The summed E-state index contributed by atoms with van der Waals surface area (Å²) in [7, 11) is 0. The lowest BCUT2D eigenvalue weighted by molar-refractivity contribution is 0.325. The molecule has 0 spiro atoms. The summed E-state index contributed by atoms with van der Waals surface area (Å²) in [5.41, 5.74) is 1.62. The summed E-state index contributed by atoms with van der Waals surface area (Å²) in [6, 6.07) is 7.42. The first kappa shape index (κ1) is 10.2. The molecule has 1 aromatic rings. The van der Waals surface area contributed by atoms with Crippen molar-refractivity contribution in [3.8, 4) is 24.2 Å². The number of hydrogen-bond acceptors (Lipinski definition) is 2. The number of nitriles is 1. The molecule has 0 aliphatic heterocycles. The van der Waals surface area contributed by atoms with Crippen molar-refractivity contribution >= 4 is 0 Å². The minimum absolute atomic E-state index is 0.492. The van der Waals surface area contributed by atoms with Gasteiger partial charge < -0.3 is 4.74 Å². The van der Waals surface area contributed by atoms with E-state index in [-0.39, 0.29) is 0 Å². The smallest absolute Gasteiger partial charge is 0.123 e. The zero-order valence-electron chi connectivity index (χ0n) is 8.08. The van der Waals surface area contributed by atoms with E-state index < -0.39 is 0 Å². The summed E-state index contributed by atoms with van der Waals surface area (Å²) in [6.45, 7) is 2.43. The molecule has 0 fully saturated rings. The van der Waals surface area contributed by atoms with Gasteiger partial charge in [0.25, 0.3) is 0 Å². The molecule has 1 aromatic carbocycles. The third kappa shape index (κ3) is 2.54. The van der Waals surface area contributed by atoms with Gasteiger partial charge in [-0.3, -0.25) is 0 Å². The van der Waals surface area contributed by atoms with Crippen molar-refractivity contribution in [2.75, 3.05) is 6.61 Å². The maximum atomic E-state index is 8.69. The van der Waals surface area contributed by atoms with E-state index in [1.807, 2.05) is 13.0 Å². The van der Waals surface area contributed by atoms with Crippen LogP contribution < -0.4 is 4.74 Å². The molecule has 0 saturated carbocycles. The van der Waals surface area contributed by atoms with Crippen LogP contribution in [-0.4, -0.2) is 6.61 Å². The van der Waals surface area contributed by atoms with E-state index in [1.165, 1.54) is 0 Å². The number of aryl methyl sites for hydroxylation is 1. The highest BCUT2D eigenvalue weighted by molar-refractivity contribution is 5.41. The minimum Gasteiger partial charge on any atom is -0.492 e. The van der Waals surface area contributed by atoms with Crippen LogP contribution in [0.5, 0.6) is 5.75 Å². The summed E-state index contributed by atoms with van der Waals surface area (Å²) in [5.74, 6) is 3.23. The number of nitrogens with zero attached hydrogens (tertiary/aromatic N) is 1. The Balaban J connectivity index is 2.76. The summed E-state index contributed by atoms with van der Waals surface area (Å²) >= 11 is 0. The molecular weight excluding hydrogens is 174 g/mol. The Morgan fingerprint density at radius 1 is 1.50 bits per heavy atom. The van der Waals surface area contributed by atoms with Crippen LogP contribution in [0.3, 0.4) is 0 Å². The molecule has 0 N–H and O–H groups in total. The second-order valence-corrected chi connectivity index (χ2v) is 2.89. The zero-order chi connectivity index (χ0) is 10.4. The van der Waals surface area contributed by atoms with Gasteiger partial charge in [0.1, 0.15) is 5.75 Å². The van der Waals surface area contributed by atoms with E-state index in [0.717, 1.165) is 11.3 Å². The van der Waals surface area contributed by atoms with Crippen molar-refractivity contribution < 1.29 is 4.74 Å². The van der Waals surface area contributed by atoms with Crippen molar-refractivity contribution in [3.63, 3.8) is 0 Å². The molecule has 0 saturated heterocycles. The van der Waals surface area contributed by atoms with Crippen LogP contribution in [0.25, 0.3) is 0 Å². The first-order chi connectivity index (χ1) is 6.77. The average Bonchev–Trinajstić information content (AvgIpc) is 2.21. The fourth-order valence-corrected chi connectivity index (χ4v) is 1.05. The first-order valence-corrected chi connectivity index (χ1v) is 4.35. The maximum Gasteiger partial charge on any atom is 0.123 e. The average molecular weight is 185 g/mol. The van der Waals surface area contributed by atoms with Crippen molar-refractivity contribution in [1.82, 2.24) is 0 Å². The SMILES string of the molecule is C#CCCOc1cc(C#N)ccc1C. The molecule has 0 atom stereocenters. The van der Waals surface area contributed by atoms with Crippen LogP contribution in [0.1, 0.15) is 17.5 Å². The molecule has 0 bridgehead atoms. The summed E-state index contributed by atoms with van der Waals surface area (Å²) in [5, 5.41) is 8.69. The van der Waals surface area contributed by atoms with Gasteiger partial charge in [-0.15, -0.1) is 12.3 Å². The summed E-state index contributed by atoms with van der Waals surface area (Å²) in [6.07, 6.45) is 5.68. The summed E-state index contributed by atoms with van der Waals surface area (Å²) < 4.78 is 5.43. The standard InChI is InChI=1S/C12H11NO/c1-3-4-7-14-12-8-11(9-13)6-5-10(12)2/h1,5-6,8H,4,7H2,2H3. The molecule has 0 unspecified atom stereocenters. The van der Waals surface area contributed by atoms with Crippen molar-refractivity contribution in [1.29, 1.82) is 5.26 Å². The van der Waals surface area contributed by atoms with Crippen molar-refractivity contribution in [3.05, 3.63) is 29.3 Å². The fourth-order valence-electron chi connectivity index (χ4n) is 1.05. The second-order valence-electron chi connectivity index (χ2n) is 2.89. The Hall–Kier alpha value is -1.93. The molecule has 0 aliphatic carbocycles. The topological polar surface area (TPSA) is 33.0 Å². The van der Waals surface area contributed by atoms with Crippen LogP contribution >= 0.6 is 0 Å².